The zero-order valence-electron chi connectivity index (χ0n) is 13.1. The van der Waals surface area contributed by atoms with Crippen molar-refractivity contribution in [2.75, 3.05) is 26.2 Å². The minimum absolute atomic E-state index is 0.104. The van der Waals surface area contributed by atoms with Crippen LogP contribution in [0.4, 0.5) is 0 Å². The first-order chi connectivity index (χ1) is 10.3. The quantitative estimate of drug-likeness (QED) is 0.876. The van der Waals surface area contributed by atoms with E-state index < -0.39 is 0 Å². The van der Waals surface area contributed by atoms with E-state index in [9.17, 15) is 4.79 Å². The molecule has 1 fully saturated rings. The molecule has 1 amide bonds. The minimum atomic E-state index is 0.104. The number of para-hydroxylation sites is 1. The fraction of sp³-hybridized carbons (Fsp3) is 0.588. The Morgan fingerprint density at radius 2 is 2.00 bits per heavy atom. The smallest absolute Gasteiger partial charge is 0.257 e. The van der Waals surface area contributed by atoms with E-state index >= 15 is 0 Å². The van der Waals surface area contributed by atoms with Gasteiger partial charge in [-0.05, 0) is 51.4 Å². The highest BCUT2D eigenvalue weighted by molar-refractivity contribution is 5.97. The van der Waals surface area contributed by atoms with Gasteiger partial charge in [-0.2, -0.15) is 0 Å². The predicted octanol–water partition coefficient (Wildman–Crippen LogP) is 2.69. The molecule has 1 aliphatic heterocycles. The summed E-state index contributed by atoms with van der Waals surface area (Å²) in [6.07, 6.45) is 3.04. The maximum Gasteiger partial charge on any atom is 0.257 e. The molecular weight excluding hydrogens is 264 g/mol. The highest BCUT2D eigenvalue weighted by Crippen LogP contribution is 2.23. The van der Waals surface area contributed by atoms with Crippen molar-refractivity contribution in [3.05, 3.63) is 29.8 Å². The third-order valence-electron chi connectivity index (χ3n) is 3.89. The molecule has 1 N–H and O–H groups in total. The van der Waals surface area contributed by atoms with Crippen molar-refractivity contribution in [1.82, 2.24) is 10.2 Å². The molecule has 2 rings (SSSR count). The number of piperidine rings is 1. The van der Waals surface area contributed by atoms with E-state index in [0.717, 1.165) is 38.9 Å². The molecule has 116 valence electrons. The molecule has 0 saturated carbocycles. The fourth-order valence-corrected chi connectivity index (χ4v) is 2.89. The van der Waals surface area contributed by atoms with Gasteiger partial charge in [0.2, 0.25) is 0 Å². The van der Waals surface area contributed by atoms with E-state index in [1.165, 1.54) is 0 Å². The summed E-state index contributed by atoms with van der Waals surface area (Å²) in [6, 6.07) is 7.91. The summed E-state index contributed by atoms with van der Waals surface area (Å²) in [5.74, 6) is 0.799. The van der Waals surface area contributed by atoms with E-state index in [2.05, 4.69) is 12.2 Å². The Morgan fingerprint density at radius 3 is 2.67 bits per heavy atom. The maximum atomic E-state index is 13.0. The number of rotatable bonds is 6. The van der Waals surface area contributed by atoms with Crippen molar-refractivity contribution >= 4 is 5.91 Å². The lowest BCUT2D eigenvalue weighted by molar-refractivity contribution is 0.0638. The van der Waals surface area contributed by atoms with Gasteiger partial charge in [-0.15, -0.1) is 0 Å². The van der Waals surface area contributed by atoms with Gasteiger partial charge in [-0.25, -0.2) is 0 Å². The van der Waals surface area contributed by atoms with Crippen LogP contribution in [0, 0.1) is 0 Å². The molecule has 21 heavy (non-hydrogen) atoms. The number of benzene rings is 1. The van der Waals surface area contributed by atoms with Crippen LogP contribution in [0.2, 0.25) is 0 Å². The molecule has 1 aromatic rings. The van der Waals surface area contributed by atoms with Crippen LogP contribution in [0.3, 0.4) is 0 Å². The number of ether oxygens (including phenoxy) is 1. The number of hydrogen-bond acceptors (Lipinski definition) is 3. The molecule has 0 aliphatic carbocycles. The Morgan fingerprint density at radius 1 is 1.29 bits per heavy atom. The second-order valence-corrected chi connectivity index (χ2v) is 5.41. The largest absolute Gasteiger partial charge is 0.493 e. The lowest BCUT2D eigenvalue weighted by atomic mass is 10.0. The molecule has 0 atom stereocenters. The normalized spacial score (nSPS) is 15.7. The van der Waals surface area contributed by atoms with Crippen LogP contribution in [0.25, 0.3) is 0 Å². The zero-order chi connectivity index (χ0) is 15.1. The minimum Gasteiger partial charge on any atom is -0.493 e. The van der Waals surface area contributed by atoms with Crippen LogP contribution >= 0.6 is 0 Å². The Balaban J connectivity index is 2.21. The van der Waals surface area contributed by atoms with Crippen LogP contribution in [0.15, 0.2) is 24.3 Å². The summed E-state index contributed by atoms with van der Waals surface area (Å²) in [7, 11) is 0. The molecule has 4 heteroatoms. The van der Waals surface area contributed by atoms with Crippen LogP contribution in [0.5, 0.6) is 5.75 Å². The molecule has 0 bridgehead atoms. The van der Waals surface area contributed by atoms with Crippen molar-refractivity contribution in [3.8, 4) is 5.75 Å². The molecule has 1 heterocycles. The number of amides is 1. The number of carbonyl (C=O) groups excluding carboxylic acids is 1. The highest BCUT2D eigenvalue weighted by atomic mass is 16.5. The lowest BCUT2D eigenvalue weighted by Crippen LogP contribution is -2.46. The van der Waals surface area contributed by atoms with E-state index in [0.29, 0.717) is 24.0 Å². The molecule has 1 aromatic carbocycles. The van der Waals surface area contributed by atoms with Gasteiger partial charge in [0.05, 0.1) is 12.2 Å². The molecule has 4 nitrogen and oxygen atoms in total. The van der Waals surface area contributed by atoms with Gasteiger partial charge < -0.3 is 15.0 Å². The summed E-state index contributed by atoms with van der Waals surface area (Å²) in [4.78, 5) is 15.0. The van der Waals surface area contributed by atoms with Crippen LogP contribution in [0.1, 0.15) is 43.5 Å². The summed E-state index contributed by atoms with van der Waals surface area (Å²) >= 11 is 0. The van der Waals surface area contributed by atoms with Crippen molar-refractivity contribution in [2.45, 2.75) is 39.2 Å². The topological polar surface area (TPSA) is 41.6 Å². The van der Waals surface area contributed by atoms with Gasteiger partial charge in [-0.1, -0.05) is 19.1 Å². The fourth-order valence-electron chi connectivity index (χ4n) is 2.89. The Labute approximate surface area is 127 Å². The third kappa shape index (κ3) is 3.97. The van der Waals surface area contributed by atoms with Gasteiger partial charge in [0.25, 0.3) is 5.91 Å². The summed E-state index contributed by atoms with van der Waals surface area (Å²) < 4.78 is 5.61. The standard InChI is InChI=1S/C17H26N2O2/c1-3-13-19(14-9-11-18-12-10-14)17(20)15-7-5-6-8-16(15)21-4-2/h5-8,14,18H,3-4,9-13H2,1-2H3. The summed E-state index contributed by atoms with van der Waals surface area (Å²) in [6.45, 7) is 7.43. The van der Waals surface area contributed by atoms with Gasteiger partial charge in [0.1, 0.15) is 5.75 Å². The van der Waals surface area contributed by atoms with Crippen LogP contribution in [-0.4, -0.2) is 43.1 Å². The van der Waals surface area contributed by atoms with E-state index in [-0.39, 0.29) is 5.91 Å². The number of carbonyl (C=O) groups is 1. The van der Waals surface area contributed by atoms with E-state index in [1.807, 2.05) is 36.1 Å². The van der Waals surface area contributed by atoms with Crippen LogP contribution in [-0.2, 0) is 0 Å². The lowest BCUT2D eigenvalue weighted by Gasteiger charge is -2.35. The van der Waals surface area contributed by atoms with Gasteiger partial charge in [0, 0.05) is 12.6 Å². The Bertz CT molecular complexity index is 456. The Hall–Kier alpha value is -1.55. The molecule has 1 saturated heterocycles. The first-order valence-corrected chi connectivity index (χ1v) is 8.01. The second-order valence-electron chi connectivity index (χ2n) is 5.41. The molecule has 0 aromatic heterocycles. The number of hydrogen-bond donors (Lipinski definition) is 1. The average molecular weight is 290 g/mol. The predicted molar refractivity (Wildman–Crippen MR) is 84.8 cm³/mol. The van der Waals surface area contributed by atoms with Gasteiger partial charge >= 0.3 is 0 Å². The second kappa shape index (κ2) is 8.03. The summed E-state index contributed by atoms with van der Waals surface area (Å²) in [5.41, 5.74) is 0.686. The SMILES string of the molecule is CCCN(C(=O)c1ccccc1OCC)C1CCNCC1. The number of nitrogens with zero attached hydrogens (tertiary/aromatic N) is 1. The molecule has 1 aliphatic rings. The molecule has 0 radical (unpaired) electrons. The summed E-state index contributed by atoms with van der Waals surface area (Å²) in [5, 5.41) is 3.36. The van der Waals surface area contributed by atoms with Crippen molar-refractivity contribution in [2.24, 2.45) is 0 Å². The van der Waals surface area contributed by atoms with Gasteiger partial charge in [-0.3, -0.25) is 4.79 Å². The number of nitrogens with one attached hydrogen (secondary N) is 1. The molecule has 0 unspecified atom stereocenters. The van der Waals surface area contributed by atoms with Gasteiger partial charge in [0.15, 0.2) is 0 Å². The van der Waals surface area contributed by atoms with Crippen LogP contribution < -0.4 is 10.1 Å². The molecular formula is C17H26N2O2. The van der Waals surface area contributed by atoms with Crippen molar-refractivity contribution < 1.29 is 9.53 Å². The monoisotopic (exact) mass is 290 g/mol. The zero-order valence-corrected chi connectivity index (χ0v) is 13.1. The third-order valence-corrected chi connectivity index (χ3v) is 3.89. The molecule has 0 spiro atoms. The average Bonchev–Trinajstić information content (AvgIpc) is 2.54. The maximum absolute atomic E-state index is 13.0. The Kier molecular flexibility index (Phi) is 6.05. The van der Waals surface area contributed by atoms with E-state index in [1.54, 1.807) is 0 Å². The first kappa shape index (κ1) is 15.8. The van der Waals surface area contributed by atoms with E-state index in [4.69, 9.17) is 4.74 Å². The highest BCUT2D eigenvalue weighted by Gasteiger charge is 2.27. The van der Waals surface area contributed by atoms with Crippen molar-refractivity contribution in [1.29, 1.82) is 0 Å². The van der Waals surface area contributed by atoms with Crippen molar-refractivity contribution in [3.63, 3.8) is 0 Å². The first-order valence-electron chi connectivity index (χ1n) is 8.01.